The average molecular weight is 346 g/mol. The first-order valence-electron chi connectivity index (χ1n) is 8.54. The molecule has 0 saturated heterocycles. The van der Waals surface area contributed by atoms with Crippen LogP contribution in [0, 0.1) is 0 Å². The zero-order chi connectivity index (χ0) is 18.1. The molecule has 0 aliphatic heterocycles. The van der Waals surface area contributed by atoms with E-state index in [0.717, 1.165) is 16.7 Å². The van der Waals surface area contributed by atoms with Gasteiger partial charge in [0, 0.05) is 5.69 Å². The number of benzene rings is 2. The summed E-state index contributed by atoms with van der Waals surface area (Å²) in [5.41, 5.74) is 3.00. The quantitative estimate of drug-likeness (QED) is 0.681. The Labute approximate surface area is 150 Å². The number of phenolic OH excluding ortho intramolecular Hbond substituents is 1. The molecule has 3 aromatic rings. The van der Waals surface area contributed by atoms with Crippen molar-refractivity contribution >= 4 is 5.91 Å². The highest BCUT2D eigenvalue weighted by Crippen LogP contribution is 2.36. The molecule has 130 valence electrons. The summed E-state index contributed by atoms with van der Waals surface area (Å²) in [6.45, 7) is 0. The van der Waals surface area contributed by atoms with Crippen LogP contribution < -0.4 is 10.9 Å². The standard InChI is InChI=1S/C21H18N2O3/c24-19-8-4-7-14-15(19)9-12-18(14)23-21(26)16-10-11-17(22-20(16)25)13-5-2-1-3-6-13/h1-8,10-11,18,24H,9,12H2,(H,22,25)(H,23,26). The second kappa shape index (κ2) is 6.52. The minimum atomic E-state index is -0.419. The number of hydrogen-bond acceptors (Lipinski definition) is 3. The molecule has 1 amide bonds. The zero-order valence-electron chi connectivity index (χ0n) is 14.0. The van der Waals surface area contributed by atoms with Gasteiger partial charge in [-0.05, 0) is 47.7 Å². The largest absolute Gasteiger partial charge is 0.508 e. The summed E-state index contributed by atoms with van der Waals surface area (Å²) in [5, 5.41) is 12.8. The Balaban J connectivity index is 1.57. The highest BCUT2D eigenvalue weighted by atomic mass is 16.3. The topological polar surface area (TPSA) is 82.2 Å². The Hall–Kier alpha value is -3.34. The van der Waals surface area contributed by atoms with Gasteiger partial charge in [-0.2, -0.15) is 0 Å². The highest BCUT2D eigenvalue weighted by molar-refractivity contribution is 5.94. The molecule has 26 heavy (non-hydrogen) atoms. The Morgan fingerprint density at radius 3 is 2.62 bits per heavy atom. The summed E-state index contributed by atoms with van der Waals surface area (Å²) < 4.78 is 0. The Morgan fingerprint density at radius 1 is 1.04 bits per heavy atom. The molecule has 0 saturated carbocycles. The van der Waals surface area contributed by atoms with Crippen LogP contribution in [-0.4, -0.2) is 16.0 Å². The number of nitrogens with one attached hydrogen (secondary N) is 2. The number of pyridine rings is 1. The Kier molecular flexibility index (Phi) is 4.05. The maximum atomic E-state index is 12.6. The Bertz CT molecular complexity index is 1020. The number of carbonyl (C=O) groups is 1. The third kappa shape index (κ3) is 2.88. The zero-order valence-corrected chi connectivity index (χ0v) is 14.0. The highest BCUT2D eigenvalue weighted by Gasteiger charge is 2.26. The molecule has 1 aliphatic rings. The van der Waals surface area contributed by atoms with E-state index in [4.69, 9.17) is 0 Å². The molecule has 0 spiro atoms. The van der Waals surface area contributed by atoms with Crippen molar-refractivity contribution in [3.8, 4) is 17.0 Å². The van der Waals surface area contributed by atoms with Crippen LogP contribution in [0.2, 0.25) is 0 Å². The maximum Gasteiger partial charge on any atom is 0.261 e. The number of aromatic hydroxyl groups is 1. The van der Waals surface area contributed by atoms with Crippen molar-refractivity contribution in [3.05, 3.63) is 87.7 Å². The molecular weight excluding hydrogens is 328 g/mol. The molecule has 0 radical (unpaired) electrons. The van der Waals surface area contributed by atoms with Gasteiger partial charge in [-0.1, -0.05) is 42.5 Å². The third-order valence-corrected chi connectivity index (χ3v) is 4.79. The van der Waals surface area contributed by atoms with Crippen LogP contribution in [0.3, 0.4) is 0 Å². The predicted octanol–water partition coefficient (Wildman–Crippen LogP) is 3.16. The van der Waals surface area contributed by atoms with E-state index in [1.165, 1.54) is 0 Å². The van der Waals surface area contributed by atoms with Crippen molar-refractivity contribution in [2.24, 2.45) is 0 Å². The second-order valence-corrected chi connectivity index (χ2v) is 6.39. The van der Waals surface area contributed by atoms with E-state index in [1.54, 1.807) is 24.3 Å². The number of hydrogen-bond donors (Lipinski definition) is 3. The minimum Gasteiger partial charge on any atom is -0.508 e. The predicted molar refractivity (Wildman–Crippen MR) is 99.1 cm³/mol. The van der Waals surface area contributed by atoms with Crippen molar-refractivity contribution in [2.45, 2.75) is 18.9 Å². The van der Waals surface area contributed by atoms with Gasteiger partial charge < -0.3 is 15.4 Å². The smallest absolute Gasteiger partial charge is 0.261 e. The van der Waals surface area contributed by atoms with Crippen LogP contribution in [0.4, 0.5) is 0 Å². The number of aromatic amines is 1. The van der Waals surface area contributed by atoms with Gasteiger partial charge in [-0.15, -0.1) is 0 Å². The lowest BCUT2D eigenvalue weighted by Crippen LogP contribution is -2.32. The summed E-state index contributed by atoms with van der Waals surface area (Å²) in [4.78, 5) is 27.7. The fraction of sp³-hybridized carbons (Fsp3) is 0.143. The molecule has 1 aliphatic carbocycles. The maximum absolute atomic E-state index is 12.6. The van der Waals surface area contributed by atoms with Crippen molar-refractivity contribution in [1.29, 1.82) is 0 Å². The van der Waals surface area contributed by atoms with Gasteiger partial charge in [0.05, 0.1) is 6.04 Å². The fourth-order valence-electron chi connectivity index (χ4n) is 3.46. The lowest BCUT2D eigenvalue weighted by molar-refractivity contribution is 0.0935. The van der Waals surface area contributed by atoms with E-state index >= 15 is 0 Å². The van der Waals surface area contributed by atoms with Gasteiger partial charge >= 0.3 is 0 Å². The number of fused-ring (bicyclic) bond motifs is 1. The van der Waals surface area contributed by atoms with Gasteiger partial charge in [-0.3, -0.25) is 9.59 Å². The van der Waals surface area contributed by atoms with E-state index in [2.05, 4.69) is 10.3 Å². The molecular formula is C21H18N2O3. The number of phenols is 1. The van der Waals surface area contributed by atoms with Crippen LogP contribution in [0.1, 0.15) is 33.9 Å². The molecule has 1 unspecified atom stereocenters. The van der Waals surface area contributed by atoms with Crippen LogP contribution in [-0.2, 0) is 6.42 Å². The van der Waals surface area contributed by atoms with E-state index in [9.17, 15) is 14.7 Å². The molecule has 2 aromatic carbocycles. The minimum absolute atomic E-state index is 0.0817. The number of aromatic nitrogens is 1. The molecule has 0 bridgehead atoms. The SMILES string of the molecule is O=C(NC1CCc2c(O)cccc21)c1ccc(-c2ccccc2)[nH]c1=O. The van der Waals surface area contributed by atoms with Crippen molar-refractivity contribution in [2.75, 3.05) is 0 Å². The molecule has 4 rings (SSSR count). The van der Waals surface area contributed by atoms with Crippen molar-refractivity contribution in [3.63, 3.8) is 0 Å². The summed E-state index contributed by atoms with van der Waals surface area (Å²) in [5.74, 6) is -0.156. The first kappa shape index (κ1) is 16.1. The first-order chi connectivity index (χ1) is 12.6. The summed E-state index contributed by atoms with van der Waals surface area (Å²) in [6, 6.07) is 17.9. The van der Waals surface area contributed by atoms with Crippen LogP contribution in [0.15, 0.2) is 65.5 Å². The molecule has 1 heterocycles. The van der Waals surface area contributed by atoms with Crippen LogP contribution >= 0.6 is 0 Å². The Morgan fingerprint density at radius 2 is 1.85 bits per heavy atom. The van der Waals surface area contributed by atoms with Gasteiger partial charge in [0.1, 0.15) is 11.3 Å². The third-order valence-electron chi connectivity index (χ3n) is 4.79. The number of carbonyl (C=O) groups excluding carboxylic acids is 1. The van der Waals surface area contributed by atoms with Crippen molar-refractivity contribution in [1.82, 2.24) is 10.3 Å². The number of rotatable bonds is 3. The lowest BCUT2D eigenvalue weighted by atomic mass is 10.1. The lowest BCUT2D eigenvalue weighted by Gasteiger charge is -2.14. The second-order valence-electron chi connectivity index (χ2n) is 6.39. The summed E-state index contributed by atoms with van der Waals surface area (Å²) in [7, 11) is 0. The van der Waals surface area contributed by atoms with E-state index in [0.29, 0.717) is 18.5 Å². The van der Waals surface area contributed by atoms with Crippen molar-refractivity contribution < 1.29 is 9.90 Å². The average Bonchev–Trinajstić information content (AvgIpc) is 3.06. The van der Waals surface area contributed by atoms with Gasteiger partial charge in [0.15, 0.2) is 0 Å². The molecule has 0 fully saturated rings. The monoisotopic (exact) mass is 346 g/mol. The molecule has 5 heteroatoms. The molecule has 1 atom stereocenters. The van der Waals surface area contributed by atoms with Gasteiger partial charge in [0.25, 0.3) is 11.5 Å². The molecule has 1 aromatic heterocycles. The number of amides is 1. The molecule has 5 nitrogen and oxygen atoms in total. The normalized spacial score (nSPS) is 15.5. The summed E-state index contributed by atoms with van der Waals surface area (Å²) in [6.07, 6.45) is 1.41. The first-order valence-corrected chi connectivity index (χ1v) is 8.54. The van der Waals surface area contributed by atoms with Crippen LogP contribution in [0.25, 0.3) is 11.3 Å². The van der Waals surface area contributed by atoms with E-state index in [-0.39, 0.29) is 17.4 Å². The van der Waals surface area contributed by atoms with Gasteiger partial charge in [-0.25, -0.2) is 0 Å². The van der Waals surface area contributed by atoms with E-state index in [1.807, 2.05) is 36.4 Å². The summed E-state index contributed by atoms with van der Waals surface area (Å²) >= 11 is 0. The van der Waals surface area contributed by atoms with Gasteiger partial charge in [0.2, 0.25) is 0 Å². The number of H-pyrrole nitrogens is 1. The fourth-order valence-corrected chi connectivity index (χ4v) is 3.46. The van der Waals surface area contributed by atoms with Crippen LogP contribution in [0.5, 0.6) is 5.75 Å². The molecule has 3 N–H and O–H groups in total. The van der Waals surface area contributed by atoms with E-state index < -0.39 is 11.5 Å².